The molecule has 2 heteroatoms. The van der Waals surface area contributed by atoms with Crippen LogP contribution >= 0.6 is 12.6 Å². The lowest BCUT2D eigenvalue weighted by Gasteiger charge is -2.11. The van der Waals surface area contributed by atoms with Gasteiger partial charge in [0.25, 0.3) is 0 Å². The Balaban J connectivity index is 1.90. The molecule has 66 valence electrons. The molecular formula is C9H18OS. The van der Waals surface area contributed by atoms with E-state index < -0.39 is 0 Å². The molecule has 1 rings (SSSR count). The molecule has 0 aromatic rings. The van der Waals surface area contributed by atoms with Crippen LogP contribution in [0.3, 0.4) is 0 Å². The first-order valence-corrected chi connectivity index (χ1v) is 5.18. The summed E-state index contributed by atoms with van der Waals surface area (Å²) in [5.41, 5.74) is 0. The third-order valence-corrected chi connectivity index (χ3v) is 2.76. The zero-order valence-corrected chi connectivity index (χ0v) is 8.15. The molecule has 0 saturated heterocycles. The molecule has 11 heavy (non-hydrogen) atoms. The molecule has 0 aromatic heterocycles. The second-order valence-electron chi connectivity index (χ2n) is 3.44. The molecular weight excluding hydrogens is 156 g/mol. The van der Waals surface area contributed by atoms with E-state index in [4.69, 9.17) is 4.74 Å². The van der Waals surface area contributed by atoms with Crippen molar-refractivity contribution in [1.82, 2.24) is 0 Å². The summed E-state index contributed by atoms with van der Waals surface area (Å²) >= 11 is 4.26. The second kappa shape index (κ2) is 5.04. The largest absolute Gasteiger partial charge is 0.381 e. The Morgan fingerprint density at radius 3 is 2.73 bits per heavy atom. The first-order chi connectivity index (χ1) is 5.36. The van der Waals surface area contributed by atoms with Crippen LogP contribution in [0, 0.1) is 11.8 Å². The minimum atomic E-state index is 0.664. The maximum Gasteiger partial charge on any atom is 0.0502 e. The SMILES string of the molecule is CCC(CS)COCC1CC1. The van der Waals surface area contributed by atoms with Gasteiger partial charge in [-0.15, -0.1) is 0 Å². The summed E-state index contributed by atoms with van der Waals surface area (Å²) in [4.78, 5) is 0. The van der Waals surface area contributed by atoms with Gasteiger partial charge >= 0.3 is 0 Å². The van der Waals surface area contributed by atoms with E-state index in [1.807, 2.05) is 0 Å². The first-order valence-electron chi connectivity index (χ1n) is 4.55. The van der Waals surface area contributed by atoms with Crippen molar-refractivity contribution < 1.29 is 4.74 Å². The van der Waals surface area contributed by atoms with Crippen molar-refractivity contribution >= 4 is 12.6 Å². The number of hydrogen-bond acceptors (Lipinski definition) is 2. The van der Waals surface area contributed by atoms with Crippen LogP contribution in [0.2, 0.25) is 0 Å². The average molecular weight is 174 g/mol. The Kier molecular flexibility index (Phi) is 4.31. The topological polar surface area (TPSA) is 9.23 Å². The van der Waals surface area contributed by atoms with Gasteiger partial charge in [0.2, 0.25) is 0 Å². The smallest absolute Gasteiger partial charge is 0.0502 e. The van der Waals surface area contributed by atoms with Gasteiger partial charge in [-0.3, -0.25) is 0 Å². The van der Waals surface area contributed by atoms with Crippen molar-refractivity contribution in [2.45, 2.75) is 26.2 Å². The predicted octanol–water partition coefficient (Wildman–Crippen LogP) is 2.37. The quantitative estimate of drug-likeness (QED) is 0.608. The zero-order valence-electron chi connectivity index (χ0n) is 7.25. The van der Waals surface area contributed by atoms with Crippen LogP contribution < -0.4 is 0 Å². The Bertz CT molecular complexity index is 97.7. The molecule has 1 aliphatic carbocycles. The molecule has 1 aliphatic rings. The van der Waals surface area contributed by atoms with Gasteiger partial charge in [0.1, 0.15) is 0 Å². The van der Waals surface area contributed by atoms with Crippen LogP contribution in [-0.4, -0.2) is 19.0 Å². The van der Waals surface area contributed by atoms with Gasteiger partial charge in [-0.05, 0) is 30.4 Å². The maximum atomic E-state index is 5.55. The standard InChI is InChI=1S/C9H18OS/c1-2-8(7-11)5-10-6-9-3-4-9/h8-9,11H,2-7H2,1H3. The normalized spacial score (nSPS) is 20.2. The van der Waals surface area contributed by atoms with Gasteiger partial charge in [-0.1, -0.05) is 13.3 Å². The van der Waals surface area contributed by atoms with Gasteiger partial charge in [-0.25, -0.2) is 0 Å². The third kappa shape index (κ3) is 4.02. The summed E-state index contributed by atoms with van der Waals surface area (Å²) in [5, 5.41) is 0. The highest BCUT2D eigenvalue weighted by molar-refractivity contribution is 7.80. The molecule has 1 nitrogen and oxygen atoms in total. The van der Waals surface area contributed by atoms with Gasteiger partial charge < -0.3 is 4.74 Å². The number of rotatable bonds is 6. The molecule has 0 spiro atoms. The fraction of sp³-hybridized carbons (Fsp3) is 1.00. The van der Waals surface area contributed by atoms with Crippen molar-refractivity contribution in [2.75, 3.05) is 19.0 Å². The zero-order chi connectivity index (χ0) is 8.10. The van der Waals surface area contributed by atoms with Crippen molar-refractivity contribution in [2.24, 2.45) is 11.8 Å². The van der Waals surface area contributed by atoms with Gasteiger partial charge in [0.05, 0.1) is 6.61 Å². The van der Waals surface area contributed by atoms with E-state index >= 15 is 0 Å². The summed E-state index contributed by atoms with van der Waals surface area (Å²) in [6.45, 7) is 4.10. The lowest BCUT2D eigenvalue weighted by atomic mass is 10.1. The molecule has 1 fully saturated rings. The Labute approximate surface area is 74.9 Å². The van der Waals surface area contributed by atoms with Crippen LogP contribution in [0.15, 0.2) is 0 Å². The fourth-order valence-electron chi connectivity index (χ4n) is 0.986. The molecule has 0 N–H and O–H groups in total. The Morgan fingerprint density at radius 2 is 2.27 bits per heavy atom. The molecule has 0 aromatic carbocycles. The number of hydrogen-bond donors (Lipinski definition) is 1. The van der Waals surface area contributed by atoms with Crippen LogP contribution in [0.25, 0.3) is 0 Å². The summed E-state index contributed by atoms with van der Waals surface area (Å²) in [6, 6.07) is 0. The van der Waals surface area contributed by atoms with Crippen molar-refractivity contribution in [3.05, 3.63) is 0 Å². The predicted molar refractivity (Wildman–Crippen MR) is 51.2 cm³/mol. The lowest BCUT2D eigenvalue weighted by molar-refractivity contribution is 0.0966. The third-order valence-electron chi connectivity index (χ3n) is 2.24. The Hall–Kier alpha value is 0.310. The van der Waals surface area contributed by atoms with E-state index in [1.54, 1.807) is 0 Å². The summed E-state index contributed by atoms with van der Waals surface area (Å²) in [5.74, 6) is 2.52. The number of thiol groups is 1. The number of ether oxygens (including phenoxy) is 1. The van der Waals surface area contributed by atoms with E-state index in [1.165, 1.54) is 19.3 Å². The fourth-order valence-corrected chi connectivity index (χ4v) is 1.35. The molecule has 0 amide bonds. The van der Waals surface area contributed by atoms with E-state index in [9.17, 15) is 0 Å². The monoisotopic (exact) mass is 174 g/mol. The molecule has 1 atom stereocenters. The van der Waals surface area contributed by atoms with E-state index in [0.29, 0.717) is 5.92 Å². The average Bonchev–Trinajstić information content (AvgIpc) is 2.82. The summed E-state index contributed by atoms with van der Waals surface area (Å²) in [6.07, 6.45) is 3.96. The first kappa shape index (κ1) is 9.40. The van der Waals surface area contributed by atoms with E-state index in [-0.39, 0.29) is 0 Å². The van der Waals surface area contributed by atoms with Crippen LogP contribution in [0.5, 0.6) is 0 Å². The molecule has 0 aliphatic heterocycles. The van der Waals surface area contributed by atoms with Crippen molar-refractivity contribution in [3.63, 3.8) is 0 Å². The van der Waals surface area contributed by atoms with Crippen molar-refractivity contribution in [3.8, 4) is 0 Å². The van der Waals surface area contributed by atoms with Gasteiger partial charge in [-0.2, -0.15) is 12.6 Å². The van der Waals surface area contributed by atoms with E-state index in [2.05, 4.69) is 19.6 Å². The Morgan fingerprint density at radius 1 is 1.55 bits per heavy atom. The second-order valence-corrected chi connectivity index (χ2v) is 3.80. The molecule has 1 unspecified atom stereocenters. The van der Waals surface area contributed by atoms with Gasteiger partial charge in [0, 0.05) is 6.61 Å². The molecule has 1 saturated carbocycles. The van der Waals surface area contributed by atoms with Gasteiger partial charge in [0.15, 0.2) is 0 Å². The maximum absolute atomic E-state index is 5.55. The summed E-state index contributed by atoms with van der Waals surface area (Å²) < 4.78 is 5.55. The highest BCUT2D eigenvalue weighted by Gasteiger charge is 2.21. The molecule has 0 heterocycles. The minimum absolute atomic E-state index is 0.664. The molecule has 0 bridgehead atoms. The molecule has 0 radical (unpaired) electrons. The minimum Gasteiger partial charge on any atom is -0.381 e. The highest BCUT2D eigenvalue weighted by atomic mass is 32.1. The van der Waals surface area contributed by atoms with Crippen molar-refractivity contribution in [1.29, 1.82) is 0 Å². The van der Waals surface area contributed by atoms with Crippen LogP contribution in [-0.2, 0) is 4.74 Å². The lowest BCUT2D eigenvalue weighted by Crippen LogP contribution is -2.11. The summed E-state index contributed by atoms with van der Waals surface area (Å²) in [7, 11) is 0. The van der Waals surface area contributed by atoms with Crippen LogP contribution in [0.4, 0.5) is 0 Å². The highest BCUT2D eigenvalue weighted by Crippen LogP contribution is 2.28. The van der Waals surface area contributed by atoms with Crippen LogP contribution in [0.1, 0.15) is 26.2 Å². The van der Waals surface area contributed by atoms with E-state index in [0.717, 1.165) is 24.9 Å².